The predicted molar refractivity (Wildman–Crippen MR) is 52.6 cm³/mol. The van der Waals surface area contributed by atoms with Crippen LogP contribution in [0.2, 0.25) is 0 Å². The van der Waals surface area contributed by atoms with Crippen molar-refractivity contribution in [1.29, 1.82) is 0 Å². The molecule has 0 fully saturated rings. The van der Waals surface area contributed by atoms with Crippen molar-refractivity contribution in [3.63, 3.8) is 0 Å². The van der Waals surface area contributed by atoms with Crippen LogP contribution in [0.25, 0.3) is 0 Å². The Bertz CT molecular complexity index is 415. The average Bonchev–Trinajstić information content (AvgIpc) is 2.30. The minimum atomic E-state index is -3.33. The van der Waals surface area contributed by atoms with Crippen molar-refractivity contribution in [3.8, 4) is 0 Å². The maximum atomic E-state index is 10.7. The number of hydrogen-bond acceptors (Lipinski definition) is 6. The molecule has 0 aliphatic heterocycles. The molecule has 1 aromatic heterocycles. The Balaban J connectivity index is 3.25. The second-order valence-corrected chi connectivity index (χ2v) is 5.28. The zero-order valence-electron chi connectivity index (χ0n) is 7.54. The molecule has 0 saturated heterocycles. The number of aryl methyl sites for hydroxylation is 1. The van der Waals surface area contributed by atoms with Crippen LogP contribution in [0.1, 0.15) is 6.92 Å². The average molecular weight is 238 g/mol. The lowest BCUT2D eigenvalue weighted by atomic mass is 10.8. The van der Waals surface area contributed by atoms with Gasteiger partial charge in [0.25, 0.3) is 0 Å². The van der Waals surface area contributed by atoms with Crippen LogP contribution in [-0.2, 0) is 11.8 Å². The van der Waals surface area contributed by atoms with Gasteiger partial charge in [0.2, 0.25) is 15.0 Å². The van der Waals surface area contributed by atoms with E-state index >= 15 is 0 Å². The number of rotatable bonds is 1. The fourth-order valence-electron chi connectivity index (χ4n) is 0.681. The number of hydrogen-bond donors (Lipinski definition) is 3. The molecule has 7 nitrogen and oxygen atoms in total. The van der Waals surface area contributed by atoms with E-state index in [9.17, 15) is 4.79 Å². The van der Waals surface area contributed by atoms with Crippen molar-refractivity contribution in [2.24, 2.45) is 17.2 Å². The van der Waals surface area contributed by atoms with Crippen molar-refractivity contribution in [3.05, 3.63) is 4.80 Å². The Hall–Kier alpha value is -0.740. The second-order valence-electron chi connectivity index (χ2n) is 2.50. The van der Waals surface area contributed by atoms with Gasteiger partial charge in [0, 0.05) is 14.0 Å². The van der Waals surface area contributed by atoms with Crippen molar-refractivity contribution in [2.45, 2.75) is 11.3 Å². The minimum Gasteiger partial charge on any atom is -0.280 e. The molecule has 1 amide bonds. The second kappa shape index (κ2) is 3.79. The molecular formula is C5H10N4O3S2. The molecule has 0 saturated carbocycles. The van der Waals surface area contributed by atoms with E-state index in [2.05, 4.69) is 10.1 Å². The van der Waals surface area contributed by atoms with Crippen molar-refractivity contribution >= 4 is 28.0 Å². The standard InChI is InChI=1S/C5H10N4O3S2/c1-3(10)7-4-9(2)8-5(13-4)14(6,11)12/h11-12H,6H2,1-2H3. The summed E-state index contributed by atoms with van der Waals surface area (Å²) < 4.78 is 19.4. The first-order valence-electron chi connectivity index (χ1n) is 3.46. The largest absolute Gasteiger partial charge is 0.280 e. The third-order valence-corrected chi connectivity index (χ3v) is 3.57. The highest BCUT2D eigenvalue weighted by Gasteiger charge is 2.15. The monoisotopic (exact) mass is 238 g/mol. The third-order valence-electron chi connectivity index (χ3n) is 1.20. The first-order valence-corrected chi connectivity index (χ1v) is 5.89. The lowest BCUT2D eigenvalue weighted by Crippen LogP contribution is -2.13. The van der Waals surface area contributed by atoms with Gasteiger partial charge < -0.3 is 0 Å². The molecule has 0 spiro atoms. The van der Waals surface area contributed by atoms with E-state index in [1.54, 1.807) is 0 Å². The van der Waals surface area contributed by atoms with Gasteiger partial charge in [-0.15, -0.1) is 5.10 Å². The molecule has 0 bridgehead atoms. The molecule has 80 valence electrons. The van der Waals surface area contributed by atoms with Gasteiger partial charge in [0.05, 0.1) is 0 Å². The highest BCUT2D eigenvalue weighted by molar-refractivity contribution is 8.23. The lowest BCUT2D eigenvalue weighted by molar-refractivity contribution is -0.116. The SMILES string of the molecule is CC(=O)N=c1sc(S(N)(O)O)nn1C. The highest BCUT2D eigenvalue weighted by atomic mass is 32.3. The Morgan fingerprint density at radius 2 is 2.29 bits per heavy atom. The Kier molecular flexibility index (Phi) is 3.07. The zero-order valence-corrected chi connectivity index (χ0v) is 9.17. The van der Waals surface area contributed by atoms with Crippen LogP contribution in [0.15, 0.2) is 9.33 Å². The van der Waals surface area contributed by atoms with Gasteiger partial charge in [0.1, 0.15) is 0 Å². The topological polar surface area (TPSA) is 114 Å². The maximum Gasteiger partial charge on any atom is 0.245 e. The van der Waals surface area contributed by atoms with Gasteiger partial charge in [0.15, 0.2) is 0 Å². The predicted octanol–water partition coefficient (Wildman–Crippen LogP) is -0.0880. The van der Waals surface area contributed by atoms with Gasteiger partial charge in [-0.1, -0.05) is 22.1 Å². The molecule has 1 rings (SSSR count). The van der Waals surface area contributed by atoms with E-state index < -0.39 is 10.8 Å². The Morgan fingerprint density at radius 3 is 2.64 bits per heavy atom. The summed E-state index contributed by atoms with van der Waals surface area (Å²) in [7, 11) is -1.79. The quantitative estimate of drug-likeness (QED) is 0.632. The molecule has 0 radical (unpaired) electrons. The number of carbonyl (C=O) groups is 1. The van der Waals surface area contributed by atoms with Gasteiger partial charge in [-0.05, 0) is 0 Å². The van der Waals surface area contributed by atoms with Crippen LogP contribution in [0.4, 0.5) is 0 Å². The Morgan fingerprint density at radius 1 is 1.71 bits per heavy atom. The fourth-order valence-corrected chi connectivity index (χ4v) is 2.30. The van der Waals surface area contributed by atoms with Crippen LogP contribution in [0.5, 0.6) is 0 Å². The fraction of sp³-hybridized carbons (Fsp3) is 0.400. The van der Waals surface area contributed by atoms with E-state index in [1.165, 1.54) is 18.7 Å². The molecule has 4 N–H and O–H groups in total. The molecule has 1 heterocycles. The maximum absolute atomic E-state index is 10.7. The molecule has 0 aliphatic rings. The van der Waals surface area contributed by atoms with Crippen LogP contribution >= 0.6 is 22.1 Å². The van der Waals surface area contributed by atoms with E-state index in [0.717, 1.165) is 11.3 Å². The highest BCUT2D eigenvalue weighted by Crippen LogP contribution is 2.39. The van der Waals surface area contributed by atoms with Crippen LogP contribution in [0.3, 0.4) is 0 Å². The Labute approximate surface area is 85.4 Å². The summed E-state index contributed by atoms with van der Waals surface area (Å²) >= 11 is 0.871. The smallest absolute Gasteiger partial charge is 0.245 e. The molecule has 0 unspecified atom stereocenters. The van der Waals surface area contributed by atoms with E-state index in [1.807, 2.05) is 0 Å². The molecule has 14 heavy (non-hydrogen) atoms. The molecular weight excluding hydrogens is 228 g/mol. The molecule has 0 atom stereocenters. The summed E-state index contributed by atoms with van der Waals surface area (Å²) in [6.07, 6.45) is 0. The van der Waals surface area contributed by atoms with Crippen molar-refractivity contribution in [2.75, 3.05) is 0 Å². The zero-order chi connectivity index (χ0) is 10.9. The first-order chi connectivity index (χ1) is 6.30. The van der Waals surface area contributed by atoms with Crippen molar-refractivity contribution < 1.29 is 13.9 Å². The van der Waals surface area contributed by atoms with Crippen molar-refractivity contribution in [1.82, 2.24) is 9.78 Å². The summed E-state index contributed by atoms with van der Waals surface area (Å²) in [6, 6.07) is 0. The van der Waals surface area contributed by atoms with Gasteiger partial charge in [-0.2, -0.15) is 4.99 Å². The summed E-state index contributed by atoms with van der Waals surface area (Å²) in [4.78, 5) is 14.6. The number of nitrogens with two attached hydrogens (primary N) is 1. The molecule has 1 aromatic rings. The third kappa shape index (κ3) is 2.62. The van der Waals surface area contributed by atoms with E-state index in [0.29, 0.717) is 0 Å². The summed E-state index contributed by atoms with van der Waals surface area (Å²) in [6.45, 7) is 1.29. The van der Waals surface area contributed by atoms with Crippen LogP contribution < -0.4 is 9.94 Å². The molecule has 9 heteroatoms. The summed E-state index contributed by atoms with van der Waals surface area (Å²) in [5, 5.41) is 8.81. The van der Waals surface area contributed by atoms with E-state index in [-0.39, 0.29) is 15.0 Å². The normalized spacial score (nSPS) is 14.5. The summed E-state index contributed by atoms with van der Waals surface area (Å²) in [5.74, 6) is -0.385. The van der Waals surface area contributed by atoms with E-state index in [4.69, 9.17) is 14.2 Å². The van der Waals surface area contributed by atoms with Gasteiger partial charge in [-0.3, -0.25) is 13.9 Å². The van der Waals surface area contributed by atoms with Gasteiger partial charge in [-0.25, -0.2) is 9.82 Å². The first kappa shape index (κ1) is 11.3. The molecule has 0 aliphatic carbocycles. The van der Waals surface area contributed by atoms with Gasteiger partial charge >= 0.3 is 0 Å². The number of carbonyl (C=O) groups excluding carboxylic acids is 1. The number of amides is 1. The van der Waals surface area contributed by atoms with Crippen LogP contribution in [-0.4, -0.2) is 24.8 Å². The number of aromatic nitrogens is 2. The summed E-state index contributed by atoms with van der Waals surface area (Å²) in [5.41, 5.74) is 0. The number of nitrogens with zero attached hydrogens (tertiary/aromatic N) is 3. The minimum absolute atomic E-state index is 0.0417. The lowest BCUT2D eigenvalue weighted by Gasteiger charge is -2.21. The molecule has 0 aromatic carbocycles. The van der Waals surface area contributed by atoms with Crippen LogP contribution in [0, 0.1) is 0 Å².